The van der Waals surface area contributed by atoms with Gasteiger partial charge in [0.05, 0.1) is 13.2 Å². The number of fused-ring (bicyclic) bond motifs is 1. The molecule has 3 heterocycles. The molecule has 1 spiro atoms. The maximum atomic E-state index is 12.5. The molecule has 1 aromatic carbocycles. The van der Waals surface area contributed by atoms with E-state index in [0.29, 0.717) is 6.54 Å². The van der Waals surface area contributed by atoms with Gasteiger partial charge in [-0.25, -0.2) is 4.39 Å². The molecule has 0 bridgehead atoms. The number of nitrogens with zero attached hydrogens (tertiary/aromatic N) is 2. The van der Waals surface area contributed by atoms with Crippen LogP contribution in [0.1, 0.15) is 18.4 Å². The first kappa shape index (κ1) is 15.2. The van der Waals surface area contributed by atoms with E-state index in [9.17, 15) is 4.39 Å². The predicted molar refractivity (Wildman–Crippen MR) is 87.0 cm³/mol. The number of piperidine rings is 1. The van der Waals surface area contributed by atoms with E-state index in [-0.39, 0.29) is 12.3 Å². The summed E-state index contributed by atoms with van der Waals surface area (Å²) in [5, 5.41) is 0. The van der Waals surface area contributed by atoms with Crippen molar-refractivity contribution in [2.24, 2.45) is 0 Å². The molecule has 2 saturated heterocycles. The molecule has 125 valence electrons. The number of anilines is 1. The smallest absolute Gasteiger partial charge is 0.125 e. The van der Waals surface area contributed by atoms with Gasteiger partial charge in [-0.2, -0.15) is 0 Å². The van der Waals surface area contributed by atoms with Gasteiger partial charge in [-0.15, -0.1) is 0 Å². The number of halogens is 1. The molecule has 0 aliphatic carbocycles. The number of alkyl halides is 1. The van der Waals surface area contributed by atoms with Gasteiger partial charge in [0, 0.05) is 69.8 Å². The average Bonchev–Trinajstić information content (AvgIpc) is 2.95. The Morgan fingerprint density at radius 1 is 1.17 bits per heavy atom. The summed E-state index contributed by atoms with van der Waals surface area (Å²) < 4.78 is 24.3. The van der Waals surface area contributed by atoms with Crippen LogP contribution in [0.25, 0.3) is 0 Å². The highest BCUT2D eigenvalue weighted by atomic mass is 19.1. The number of likely N-dealkylation sites (tertiary alicyclic amines) is 1. The Bertz CT molecular complexity index is 552. The number of morpholine rings is 1. The van der Waals surface area contributed by atoms with Crippen LogP contribution in [0.4, 0.5) is 10.1 Å². The quantitative estimate of drug-likeness (QED) is 0.851. The van der Waals surface area contributed by atoms with Crippen molar-refractivity contribution in [3.8, 4) is 5.75 Å². The van der Waals surface area contributed by atoms with Gasteiger partial charge in [0.2, 0.25) is 0 Å². The molecule has 1 aromatic rings. The van der Waals surface area contributed by atoms with Gasteiger partial charge in [0.25, 0.3) is 0 Å². The zero-order valence-electron chi connectivity index (χ0n) is 13.5. The molecule has 2 fully saturated rings. The lowest BCUT2D eigenvalue weighted by atomic mass is 9.87. The van der Waals surface area contributed by atoms with Crippen molar-refractivity contribution in [2.45, 2.75) is 24.9 Å². The molecular weight excluding hydrogens is 295 g/mol. The minimum atomic E-state index is -0.258. The zero-order valence-corrected chi connectivity index (χ0v) is 13.5. The van der Waals surface area contributed by atoms with Crippen LogP contribution in [0.15, 0.2) is 12.1 Å². The fourth-order valence-corrected chi connectivity index (χ4v) is 3.91. The first-order valence-electron chi connectivity index (χ1n) is 8.63. The Balaban J connectivity index is 1.45. The molecule has 0 N–H and O–H groups in total. The molecule has 0 atom stereocenters. The minimum absolute atomic E-state index is 0.0768. The van der Waals surface area contributed by atoms with Gasteiger partial charge in [0.15, 0.2) is 0 Å². The van der Waals surface area contributed by atoms with Crippen LogP contribution in [-0.4, -0.2) is 63.1 Å². The minimum Gasteiger partial charge on any atom is -0.486 e. The maximum absolute atomic E-state index is 12.5. The highest BCUT2D eigenvalue weighted by Crippen LogP contribution is 2.42. The summed E-state index contributed by atoms with van der Waals surface area (Å²) in [4.78, 5) is 4.50. The average molecular weight is 319 g/mol. The molecule has 0 unspecified atom stereocenters. The van der Waals surface area contributed by atoms with E-state index in [4.69, 9.17) is 9.47 Å². The summed E-state index contributed by atoms with van der Waals surface area (Å²) in [5.41, 5.74) is 2.30. The van der Waals surface area contributed by atoms with Crippen LogP contribution in [0.5, 0.6) is 5.75 Å². The lowest BCUT2D eigenvalue weighted by molar-refractivity contribution is 0.0180. The summed E-state index contributed by atoms with van der Waals surface area (Å²) in [6.45, 7) is 5.54. The Labute approximate surface area is 137 Å². The summed E-state index contributed by atoms with van der Waals surface area (Å²) >= 11 is 0. The van der Waals surface area contributed by atoms with Crippen molar-refractivity contribution < 1.29 is 13.9 Å². The van der Waals surface area contributed by atoms with Crippen molar-refractivity contribution in [1.82, 2.24) is 4.90 Å². The molecule has 4 nitrogen and oxygen atoms in total. The van der Waals surface area contributed by atoms with Crippen LogP contribution >= 0.6 is 0 Å². The lowest BCUT2D eigenvalue weighted by Gasteiger charge is -2.38. The molecule has 0 amide bonds. The number of hydrogen-bond acceptors (Lipinski definition) is 4. The van der Waals surface area contributed by atoms with Crippen molar-refractivity contribution in [3.05, 3.63) is 23.8 Å². The van der Waals surface area contributed by atoms with Crippen LogP contribution < -0.4 is 9.64 Å². The fraction of sp³-hybridized carbons (Fsp3) is 0.667. The van der Waals surface area contributed by atoms with Gasteiger partial charge in [0.1, 0.15) is 18.0 Å². The van der Waals surface area contributed by atoms with E-state index in [1.807, 2.05) is 0 Å². The van der Waals surface area contributed by atoms with Gasteiger partial charge >= 0.3 is 0 Å². The molecule has 1 radical (unpaired) electrons. The first-order chi connectivity index (χ1) is 11.3. The van der Waals surface area contributed by atoms with E-state index >= 15 is 0 Å². The molecule has 0 aromatic heterocycles. The van der Waals surface area contributed by atoms with Crippen LogP contribution in [0.2, 0.25) is 0 Å². The standard InChI is InChI=1S/C18H24FN2O2/c19-5-8-20-6-3-18(4-7-20)14-15-1-2-16(13-17(15)23-18)21-9-11-22-12-10-21/h1,13H,3-12,14H2. The Morgan fingerprint density at radius 2 is 1.96 bits per heavy atom. The lowest BCUT2D eigenvalue weighted by Crippen LogP contribution is -2.47. The molecule has 4 rings (SSSR count). The van der Waals surface area contributed by atoms with Gasteiger partial charge < -0.3 is 19.3 Å². The number of hydrogen-bond donors (Lipinski definition) is 0. The molecule has 0 saturated carbocycles. The van der Waals surface area contributed by atoms with Crippen molar-refractivity contribution >= 4 is 5.69 Å². The third-order valence-electron chi connectivity index (χ3n) is 5.34. The van der Waals surface area contributed by atoms with E-state index in [0.717, 1.165) is 70.1 Å². The second kappa shape index (κ2) is 6.29. The van der Waals surface area contributed by atoms with Gasteiger partial charge in [-0.3, -0.25) is 0 Å². The first-order valence-corrected chi connectivity index (χ1v) is 8.63. The molecule has 3 aliphatic rings. The third-order valence-corrected chi connectivity index (χ3v) is 5.34. The third kappa shape index (κ3) is 3.04. The summed E-state index contributed by atoms with van der Waals surface area (Å²) in [7, 11) is 0. The molecule has 3 aliphatic heterocycles. The topological polar surface area (TPSA) is 24.9 Å². The van der Waals surface area contributed by atoms with Crippen molar-refractivity contribution in [2.75, 3.05) is 57.5 Å². The van der Waals surface area contributed by atoms with Gasteiger partial charge in [-0.05, 0) is 11.6 Å². The Kier molecular flexibility index (Phi) is 4.16. The summed E-state index contributed by atoms with van der Waals surface area (Å²) in [6, 6.07) is 7.66. The number of ether oxygens (including phenoxy) is 2. The second-order valence-corrected chi connectivity index (χ2v) is 6.80. The zero-order chi connectivity index (χ0) is 15.7. The van der Waals surface area contributed by atoms with Crippen molar-refractivity contribution in [1.29, 1.82) is 0 Å². The Morgan fingerprint density at radius 3 is 2.70 bits per heavy atom. The van der Waals surface area contributed by atoms with E-state index < -0.39 is 0 Å². The SMILES string of the molecule is FCCN1CCC2(CC1)Cc1c[c]c(N3CCOCC3)cc1O2. The van der Waals surface area contributed by atoms with E-state index in [2.05, 4.69) is 28.0 Å². The summed E-state index contributed by atoms with van der Waals surface area (Å²) in [5.74, 6) is 1.02. The monoisotopic (exact) mass is 319 g/mol. The van der Waals surface area contributed by atoms with Crippen LogP contribution in [0, 0.1) is 6.07 Å². The Hall–Kier alpha value is -1.33. The number of rotatable bonds is 3. The molecular formula is C18H24FN2O2. The molecule has 23 heavy (non-hydrogen) atoms. The highest BCUT2D eigenvalue weighted by molar-refractivity contribution is 5.55. The normalized spacial score (nSPS) is 23.8. The molecule has 5 heteroatoms. The van der Waals surface area contributed by atoms with Gasteiger partial charge in [-0.1, -0.05) is 0 Å². The second-order valence-electron chi connectivity index (χ2n) is 6.80. The predicted octanol–water partition coefficient (Wildman–Crippen LogP) is 2.06. The fourth-order valence-electron chi connectivity index (χ4n) is 3.91. The van der Waals surface area contributed by atoms with E-state index in [1.54, 1.807) is 0 Å². The van der Waals surface area contributed by atoms with Crippen molar-refractivity contribution in [3.63, 3.8) is 0 Å². The van der Waals surface area contributed by atoms with E-state index in [1.165, 1.54) is 5.56 Å². The summed E-state index contributed by atoms with van der Waals surface area (Å²) in [6.07, 6.45) is 2.93. The number of benzene rings is 1. The highest BCUT2D eigenvalue weighted by Gasteiger charge is 2.42. The van der Waals surface area contributed by atoms with Crippen LogP contribution in [0.3, 0.4) is 0 Å². The van der Waals surface area contributed by atoms with Crippen LogP contribution in [-0.2, 0) is 11.2 Å². The largest absolute Gasteiger partial charge is 0.486 e. The maximum Gasteiger partial charge on any atom is 0.125 e.